The van der Waals surface area contributed by atoms with Crippen molar-refractivity contribution in [2.24, 2.45) is 21.7 Å². The number of carbonyl (C=O) groups is 4. The molecule has 0 radical (unpaired) electrons. The zero-order valence-electron chi connectivity index (χ0n) is 40.3. The van der Waals surface area contributed by atoms with Gasteiger partial charge in [0.1, 0.15) is 11.6 Å². The maximum absolute atomic E-state index is 14.3. The number of aromatic amines is 2. The van der Waals surface area contributed by atoms with Crippen LogP contribution >= 0.6 is 0 Å². The molecule has 4 amide bonds. The maximum atomic E-state index is 14.3. The van der Waals surface area contributed by atoms with Crippen LogP contribution in [0.2, 0.25) is 0 Å². The van der Waals surface area contributed by atoms with Crippen molar-refractivity contribution in [1.29, 1.82) is 0 Å². The first-order valence-electron chi connectivity index (χ1n) is 24.1. The van der Waals surface area contributed by atoms with Gasteiger partial charge >= 0.3 is 12.2 Å². The molecule has 2 saturated carbocycles. The van der Waals surface area contributed by atoms with Gasteiger partial charge in [-0.2, -0.15) is 0 Å². The van der Waals surface area contributed by atoms with Gasteiger partial charge < -0.3 is 34.6 Å². The Balaban J connectivity index is 0.871. The first kappa shape index (κ1) is 44.8. The zero-order chi connectivity index (χ0) is 47.5. The van der Waals surface area contributed by atoms with Gasteiger partial charge in [-0.15, -0.1) is 0 Å². The Morgan fingerprint density at radius 3 is 1.69 bits per heavy atom. The predicted octanol–water partition coefficient (Wildman–Crippen LogP) is 9.22. The van der Waals surface area contributed by atoms with Gasteiger partial charge in [0, 0.05) is 48.1 Å². The number of ether oxygens (including phenoxy) is 2. The summed E-state index contributed by atoms with van der Waals surface area (Å²) in [6.07, 6.45) is 9.60. The minimum atomic E-state index is -1.34. The molecule has 0 bridgehead atoms. The van der Waals surface area contributed by atoms with E-state index in [0.717, 1.165) is 84.6 Å². The van der Waals surface area contributed by atoms with E-state index in [1.807, 2.05) is 50.2 Å². The Labute approximate surface area is 391 Å². The smallest absolute Gasteiger partial charge is 0.412 e. The first-order chi connectivity index (χ1) is 31.6. The molecule has 67 heavy (non-hydrogen) atoms. The van der Waals surface area contributed by atoms with Crippen LogP contribution in [-0.2, 0) is 19.1 Å². The van der Waals surface area contributed by atoms with E-state index in [1.54, 1.807) is 34.0 Å². The molecule has 6 heterocycles. The molecule has 3 aromatic heterocycles. The fourth-order valence-electron chi connectivity index (χ4n) is 10.3. The summed E-state index contributed by atoms with van der Waals surface area (Å²) in [5.41, 5.74) is 1.67. The molecule has 3 aliphatic heterocycles. The summed E-state index contributed by atoms with van der Waals surface area (Å²) >= 11 is 0. The topological polar surface area (TPSA) is 191 Å². The van der Waals surface area contributed by atoms with Gasteiger partial charge in [0.15, 0.2) is 5.60 Å². The van der Waals surface area contributed by atoms with Crippen molar-refractivity contribution in [2.75, 3.05) is 26.2 Å². The van der Waals surface area contributed by atoms with Crippen LogP contribution in [0.25, 0.3) is 44.6 Å². The van der Waals surface area contributed by atoms with Crippen molar-refractivity contribution >= 4 is 46.1 Å². The number of hydrogen-bond acceptors (Lipinski definition) is 10. The van der Waals surface area contributed by atoms with E-state index in [9.17, 15) is 19.2 Å². The molecule has 5 fully saturated rings. The lowest BCUT2D eigenvalue weighted by Gasteiger charge is -2.38. The van der Waals surface area contributed by atoms with Crippen LogP contribution in [0.3, 0.4) is 0 Å². The Hall–Kier alpha value is -6.06. The van der Waals surface area contributed by atoms with Crippen molar-refractivity contribution in [3.63, 3.8) is 0 Å². The van der Waals surface area contributed by atoms with E-state index in [-0.39, 0.29) is 11.8 Å². The van der Waals surface area contributed by atoms with Crippen LogP contribution in [-0.4, -0.2) is 106 Å². The van der Waals surface area contributed by atoms with Crippen molar-refractivity contribution < 1.29 is 28.7 Å². The van der Waals surface area contributed by atoms with E-state index in [1.165, 1.54) is 0 Å². The summed E-state index contributed by atoms with van der Waals surface area (Å²) in [7, 11) is 0. The first-order valence-corrected chi connectivity index (χ1v) is 24.1. The van der Waals surface area contributed by atoms with Crippen LogP contribution in [0.4, 0.5) is 9.59 Å². The second-order valence-electron chi connectivity index (χ2n) is 22.6. The average molecular weight is 913 g/mol. The summed E-state index contributed by atoms with van der Waals surface area (Å²) < 4.78 is 12.4. The van der Waals surface area contributed by atoms with Crippen molar-refractivity contribution in [1.82, 2.24) is 49.9 Å². The number of fused-ring (bicyclic) bond motifs is 2. The van der Waals surface area contributed by atoms with Crippen molar-refractivity contribution in [3.05, 3.63) is 60.4 Å². The van der Waals surface area contributed by atoms with E-state index in [2.05, 4.69) is 56.8 Å². The normalized spacial score (nSPS) is 22.7. The molecule has 0 spiro atoms. The number of nitrogens with one attached hydrogen (secondary N) is 3. The molecule has 5 aliphatic rings. The summed E-state index contributed by atoms with van der Waals surface area (Å²) in [4.78, 5) is 86.8. The fraction of sp³-hybridized carbons (Fsp3) is 0.569. The number of imidazole rings is 2. The lowest BCUT2D eigenvalue weighted by atomic mass is 9.83. The van der Waals surface area contributed by atoms with Gasteiger partial charge in [0.2, 0.25) is 0 Å². The second kappa shape index (κ2) is 15.5. The highest BCUT2D eigenvalue weighted by Gasteiger charge is 2.82. The van der Waals surface area contributed by atoms with Gasteiger partial charge in [0.25, 0.3) is 17.5 Å². The summed E-state index contributed by atoms with van der Waals surface area (Å²) in [5, 5.41) is 3.25. The molecule has 10 rings (SSSR count). The molecule has 3 saturated heterocycles. The highest BCUT2D eigenvalue weighted by Crippen LogP contribution is 2.67. The molecular weight excluding hydrogens is 849 g/mol. The molecule has 5 aromatic rings. The van der Waals surface area contributed by atoms with E-state index < -0.39 is 57.3 Å². The maximum Gasteiger partial charge on any atom is 0.412 e. The highest BCUT2D eigenvalue weighted by atomic mass is 16.6. The standard InChI is InChI=1S/C51H64N10O6/c1-46(2,3)38(58-42(62)50(9,48(7)18-19-48)66-44(64)59-22-10-11-23-59)40-54-32-16-14-30(26-34(32)56-40)36-28-53-37(29-52-36)31-15-17-33-35(27-31)57-41(55-33)39(47(4,5)6)61-43(63)51(61,49(8)20-21-49)67-45(65)60-24-12-13-25-60/h14-17,26-29,38-39H,10-13,18-25H2,1-9H3,(H,54,56)(H,55,57)(H,58,62)/t38-,39-,50+,51+,61?/m1/s1. The van der Waals surface area contributed by atoms with Crippen molar-refractivity contribution in [3.8, 4) is 22.5 Å². The molecule has 2 aliphatic carbocycles. The molecule has 4 atom stereocenters. The molecule has 0 unspecified atom stereocenters. The Morgan fingerprint density at radius 1 is 0.701 bits per heavy atom. The Morgan fingerprint density at radius 2 is 1.21 bits per heavy atom. The van der Waals surface area contributed by atoms with E-state index in [0.29, 0.717) is 49.2 Å². The largest absolute Gasteiger partial charge is 0.432 e. The quantitative estimate of drug-likeness (QED) is 0.108. The van der Waals surface area contributed by atoms with Crippen molar-refractivity contribution in [2.45, 2.75) is 137 Å². The minimum absolute atomic E-state index is 0.166. The third-order valence-corrected chi connectivity index (χ3v) is 15.5. The molecule has 16 heteroatoms. The Bertz CT molecular complexity index is 2780. The number of benzene rings is 2. The van der Waals surface area contributed by atoms with Crippen LogP contribution < -0.4 is 5.32 Å². The summed E-state index contributed by atoms with van der Waals surface area (Å²) in [6, 6.07) is 10.8. The van der Waals surface area contributed by atoms with Crippen LogP contribution in [0, 0.1) is 21.7 Å². The number of nitrogens with zero attached hydrogens (tertiary/aromatic N) is 7. The number of rotatable bonds is 11. The highest BCUT2D eigenvalue weighted by molar-refractivity contribution is 6.04. The van der Waals surface area contributed by atoms with Gasteiger partial charge in [-0.3, -0.25) is 24.5 Å². The van der Waals surface area contributed by atoms with Crippen LogP contribution in [0.15, 0.2) is 48.8 Å². The molecule has 2 aromatic carbocycles. The minimum Gasteiger partial charge on any atom is -0.432 e. The molecule has 354 valence electrons. The van der Waals surface area contributed by atoms with E-state index in [4.69, 9.17) is 29.4 Å². The van der Waals surface area contributed by atoms with Gasteiger partial charge in [-0.1, -0.05) is 67.5 Å². The molecule has 3 N–H and O–H groups in total. The number of amides is 4. The lowest BCUT2D eigenvalue weighted by molar-refractivity contribution is -0.148. The van der Waals surface area contributed by atoms with Gasteiger partial charge in [0.05, 0.1) is 57.9 Å². The third kappa shape index (κ3) is 7.67. The monoisotopic (exact) mass is 913 g/mol. The van der Waals surface area contributed by atoms with Crippen LogP contribution in [0.1, 0.15) is 137 Å². The molecule has 16 nitrogen and oxygen atoms in total. The number of carbonyl (C=O) groups excluding carboxylic acids is 4. The third-order valence-electron chi connectivity index (χ3n) is 15.5. The second-order valence-corrected chi connectivity index (χ2v) is 22.6. The van der Waals surface area contributed by atoms with Gasteiger partial charge in [-0.25, -0.2) is 19.6 Å². The number of aromatic nitrogens is 6. The SMILES string of the molecule is CC(C)(C)[C@H](NC(=O)[C@](C)(OC(=O)N1CCCC1)C1(C)CC1)c1nc2ccc(-c3cnc(-c4ccc5nc([C@@H](N6C(=O)[C@]6(OC(=O)N6CCCC6)C6(C)CC6)C(C)(C)C)[nH]c5c4)cn3)cc2[nH]1. The van der Waals surface area contributed by atoms with Gasteiger partial charge in [-0.05, 0) is 93.4 Å². The van der Waals surface area contributed by atoms with E-state index >= 15 is 0 Å². The summed E-state index contributed by atoms with van der Waals surface area (Å²) in [5.74, 6) is 0.748. The fourth-order valence-corrected chi connectivity index (χ4v) is 10.3. The average Bonchev–Trinajstić information content (AvgIpc) is 3.98. The summed E-state index contributed by atoms with van der Waals surface area (Å²) in [6.45, 7) is 20.8. The molecular formula is C51H64N10O6. The predicted molar refractivity (Wildman–Crippen MR) is 252 cm³/mol. The number of hydrogen-bond donors (Lipinski definition) is 3. The Kier molecular flexibility index (Phi) is 10.3. The zero-order valence-corrected chi connectivity index (χ0v) is 40.3. The number of likely N-dealkylation sites (tertiary alicyclic amines) is 2. The van der Waals surface area contributed by atoms with Crippen LogP contribution in [0.5, 0.6) is 0 Å². The lowest BCUT2D eigenvalue weighted by Crippen LogP contribution is -2.56. The number of H-pyrrole nitrogens is 2.